The Labute approximate surface area is 193 Å². The van der Waals surface area contributed by atoms with Crippen molar-refractivity contribution in [1.29, 1.82) is 0 Å². The molecule has 1 atom stereocenters. The molecule has 0 bridgehead atoms. The summed E-state index contributed by atoms with van der Waals surface area (Å²) in [5.74, 6) is -0.923. The van der Waals surface area contributed by atoms with Crippen molar-refractivity contribution in [1.82, 2.24) is 4.57 Å². The zero-order chi connectivity index (χ0) is 23.2. The summed E-state index contributed by atoms with van der Waals surface area (Å²) in [6.07, 6.45) is 2.17. The lowest BCUT2D eigenvalue weighted by atomic mass is 10.0. The highest BCUT2D eigenvalue weighted by Crippen LogP contribution is 2.20. The Balaban J connectivity index is 1.47. The Morgan fingerprint density at radius 2 is 1.48 bits per heavy atom. The zero-order valence-corrected chi connectivity index (χ0v) is 18.9. The van der Waals surface area contributed by atoms with Gasteiger partial charge in [-0.05, 0) is 54.7 Å². The molecule has 5 nitrogen and oxygen atoms in total. The van der Waals surface area contributed by atoms with Crippen LogP contribution in [0.3, 0.4) is 0 Å². The fourth-order valence-electron chi connectivity index (χ4n) is 4.29. The van der Waals surface area contributed by atoms with E-state index in [0.717, 1.165) is 53.2 Å². The average molecular weight is 444 g/mol. The first-order valence-corrected chi connectivity index (χ1v) is 11.5. The molecule has 5 heteroatoms. The van der Waals surface area contributed by atoms with Gasteiger partial charge in [-0.1, -0.05) is 55.5 Å². The molecule has 3 aromatic carbocycles. The molecule has 1 aromatic heterocycles. The number of carboxylic acids is 1. The summed E-state index contributed by atoms with van der Waals surface area (Å²) >= 11 is 0. The van der Waals surface area contributed by atoms with E-state index in [-0.39, 0.29) is 5.43 Å². The molecule has 4 rings (SSSR count). The number of aryl methyl sites for hydroxylation is 2. The summed E-state index contributed by atoms with van der Waals surface area (Å²) in [5.41, 5.74) is 4.16. The molecule has 1 unspecified atom stereocenters. The van der Waals surface area contributed by atoms with Crippen molar-refractivity contribution in [3.8, 4) is 0 Å². The molecule has 0 saturated carbocycles. The number of aliphatic carboxylic acids is 1. The second-order valence-corrected chi connectivity index (χ2v) is 8.34. The van der Waals surface area contributed by atoms with E-state index < -0.39 is 12.1 Å². The smallest absolute Gasteiger partial charge is 0.333 e. The lowest BCUT2D eigenvalue weighted by Crippen LogP contribution is -2.26. The van der Waals surface area contributed by atoms with Gasteiger partial charge in [0.05, 0.1) is 11.0 Å². The molecule has 33 heavy (non-hydrogen) atoms. The Hall–Kier alpha value is -3.44. The van der Waals surface area contributed by atoms with E-state index in [4.69, 9.17) is 4.74 Å². The van der Waals surface area contributed by atoms with E-state index in [0.29, 0.717) is 13.0 Å². The van der Waals surface area contributed by atoms with Crippen molar-refractivity contribution in [2.45, 2.75) is 45.3 Å². The summed E-state index contributed by atoms with van der Waals surface area (Å²) < 4.78 is 7.69. The molecule has 0 aliphatic rings. The average Bonchev–Trinajstić information content (AvgIpc) is 2.84. The Morgan fingerprint density at radius 1 is 0.909 bits per heavy atom. The van der Waals surface area contributed by atoms with Crippen LogP contribution in [0.1, 0.15) is 30.9 Å². The minimum absolute atomic E-state index is 0.0793. The molecule has 0 saturated heterocycles. The van der Waals surface area contributed by atoms with Crippen LogP contribution in [-0.4, -0.2) is 28.4 Å². The number of hydrogen-bond acceptors (Lipinski definition) is 3. The molecule has 0 aliphatic heterocycles. The third-order valence-electron chi connectivity index (χ3n) is 5.97. The fraction of sp³-hybridized carbons (Fsp3) is 0.286. The van der Waals surface area contributed by atoms with Crippen molar-refractivity contribution >= 4 is 27.8 Å². The predicted molar refractivity (Wildman–Crippen MR) is 132 cm³/mol. The largest absolute Gasteiger partial charge is 0.479 e. The van der Waals surface area contributed by atoms with Crippen LogP contribution in [0, 0.1) is 0 Å². The second kappa shape index (κ2) is 10.5. The minimum atomic E-state index is -0.923. The van der Waals surface area contributed by atoms with Crippen LogP contribution in [0.4, 0.5) is 0 Å². The quantitative estimate of drug-likeness (QED) is 0.342. The first-order chi connectivity index (χ1) is 16.1. The van der Waals surface area contributed by atoms with Crippen molar-refractivity contribution < 1.29 is 14.6 Å². The molecule has 1 N–H and O–H groups in total. The van der Waals surface area contributed by atoms with Gasteiger partial charge in [0, 0.05) is 30.3 Å². The highest BCUT2D eigenvalue weighted by Gasteiger charge is 2.18. The number of hydrogen-bond donors (Lipinski definition) is 1. The minimum Gasteiger partial charge on any atom is -0.479 e. The zero-order valence-electron chi connectivity index (χ0n) is 18.9. The highest BCUT2D eigenvalue weighted by molar-refractivity contribution is 5.93. The monoisotopic (exact) mass is 443 g/mol. The number of benzene rings is 3. The third-order valence-corrected chi connectivity index (χ3v) is 5.97. The molecule has 4 aromatic rings. The van der Waals surface area contributed by atoms with Crippen LogP contribution < -0.4 is 5.43 Å². The molecule has 0 fully saturated rings. The molecule has 170 valence electrons. The van der Waals surface area contributed by atoms with E-state index in [1.165, 1.54) is 5.56 Å². The van der Waals surface area contributed by atoms with Gasteiger partial charge in [-0.25, -0.2) is 4.79 Å². The van der Waals surface area contributed by atoms with E-state index in [9.17, 15) is 14.7 Å². The SMILES string of the molecule is CCCOC(Cc1ccc(CCCn2c3ccccc3c(=O)c3ccccc32)cc1)C(=O)O. The van der Waals surface area contributed by atoms with E-state index in [1.54, 1.807) is 0 Å². The van der Waals surface area contributed by atoms with Crippen LogP contribution in [0.5, 0.6) is 0 Å². The Bertz CT molecular complexity index is 1250. The molecule has 0 radical (unpaired) electrons. The van der Waals surface area contributed by atoms with Crippen molar-refractivity contribution in [3.05, 3.63) is 94.1 Å². The first-order valence-electron chi connectivity index (χ1n) is 11.5. The van der Waals surface area contributed by atoms with E-state index in [1.807, 2.05) is 67.6 Å². The van der Waals surface area contributed by atoms with Gasteiger partial charge in [0.2, 0.25) is 0 Å². The van der Waals surface area contributed by atoms with Gasteiger partial charge in [0.25, 0.3) is 0 Å². The Morgan fingerprint density at radius 3 is 2.06 bits per heavy atom. The summed E-state index contributed by atoms with van der Waals surface area (Å²) in [6, 6.07) is 23.7. The number of rotatable bonds is 10. The Kier molecular flexibility index (Phi) is 7.20. The maximum atomic E-state index is 12.9. The van der Waals surface area contributed by atoms with Crippen LogP contribution >= 0.6 is 0 Å². The van der Waals surface area contributed by atoms with Crippen LogP contribution in [-0.2, 0) is 28.9 Å². The van der Waals surface area contributed by atoms with Crippen LogP contribution in [0.2, 0.25) is 0 Å². The molecular formula is C28H29NO4. The lowest BCUT2D eigenvalue weighted by molar-refractivity contribution is -0.150. The maximum absolute atomic E-state index is 12.9. The number of carbonyl (C=O) groups is 1. The lowest BCUT2D eigenvalue weighted by Gasteiger charge is -2.15. The molecule has 0 amide bonds. The number of carboxylic acid groups (broad SMARTS) is 1. The molecular weight excluding hydrogens is 414 g/mol. The first kappa shape index (κ1) is 22.7. The van der Waals surface area contributed by atoms with Crippen molar-refractivity contribution in [2.24, 2.45) is 0 Å². The van der Waals surface area contributed by atoms with Gasteiger partial charge < -0.3 is 14.4 Å². The number of pyridine rings is 1. The van der Waals surface area contributed by atoms with Crippen molar-refractivity contribution in [2.75, 3.05) is 6.61 Å². The fourth-order valence-corrected chi connectivity index (χ4v) is 4.29. The third kappa shape index (κ3) is 5.15. The van der Waals surface area contributed by atoms with Gasteiger partial charge in [0.15, 0.2) is 11.5 Å². The number of aromatic nitrogens is 1. The highest BCUT2D eigenvalue weighted by atomic mass is 16.5. The summed E-state index contributed by atoms with van der Waals surface area (Å²) in [5, 5.41) is 10.9. The normalized spacial score (nSPS) is 12.3. The number of para-hydroxylation sites is 2. The number of fused-ring (bicyclic) bond motifs is 2. The molecule has 0 aliphatic carbocycles. The number of ether oxygens (including phenoxy) is 1. The molecule has 0 spiro atoms. The standard InChI is InChI=1S/C28H29NO4/c1-2-18-33-26(28(31)32)19-21-15-13-20(14-16-21)8-7-17-29-24-11-5-3-9-22(24)27(30)23-10-4-6-12-25(23)29/h3-6,9-16,26H,2,7-8,17-19H2,1H3,(H,31,32). The number of nitrogens with zero attached hydrogens (tertiary/aromatic N) is 1. The summed E-state index contributed by atoms with van der Waals surface area (Å²) in [7, 11) is 0. The maximum Gasteiger partial charge on any atom is 0.333 e. The van der Waals surface area contributed by atoms with Gasteiger partial charge in [-0.2, -0.15) is 0 Å². The summed E-state index contributed by atoms with van der Waals surface area (Å²) in [4.78, 5) is 24.3. The second-order valence-electron chi connectivity index (χ2n) is 8.34. The topological polar surface area (TPSA) is 68.5 Å². The van der Waals surface area contributed by atoms with Gasteiger partial charge in [-0.15, -0.1) is 0 Å². The summed E-state index contributed by atoms with van der Waals surface area (Å²) in [6.45, 7) is 3.21. The predicted octanol–water partition coefficient (Wildman–Crippen LogP) is 5.21. The van der Waals surface area contributed by atoms with E-state index in [2.05, 4.69) is 16.7 Å². The molecule has 1 heterocycles. The van der Waals surface area contributed by atoms with E-state index >= 15 is 0 Å². The van der Waals surface area contributed by atoms with Crippen LogP contribution in [0.25, 0.3) is 21.8 Å². The van der Waals surface area contributed by atoms with Gasteiger partial charge >= 0.3 is 5.97 Å². The van der Waals surface area contributed by atoms with Crippen molar-refractivity contribution in [3.63, 3.8) is 0 Å². The van der Waals surface area contributed by atoms with Crippen LogP contribution in [0.15, 0.2) is 77.6 Å². The van der Waals surface area contributed by atoms with Gasteiger partial charge in [0.1, 0.15) is 0 Å². The van der Waals surface area contributed by atoms with Gasteiger partial charge in [-0.3, -0.25) is 4.79 Å².